The molecule has 0 amide bonds. The van der Waals surface area contributed by atoms with Gasteiger partial charge in [0.05, 0.1) is 0 Å². The first-order valence-electron chi connectivity index (χ1n) is 10.6. The second kappa shape index (κ2) is 6.87. The van der Waals surface area contributed by atoms with Crippen LogP contribution in [-0.4, -0.2) is 14.8 Å². The average molecular weight is 385 g/mol. The fourth-order valence-corrected chi connectivity index (χ4v) is 4.94. The maximum Gasteiger partial charge on any atom is 0.226 e. The predicted octanol–water partition coefficient (Wildman–Crippen LogP) is 6.06. The van der Waals surface area contributed by atoms with Gasteiger partial charge in [-0.1, -0.05) is 75.4 Å². The Morgan fingerprint density at radius 2 is 1.69 bits per heavy atom. The molecule has 0 saturated heterocycles. The van der Waals surface area contributed by atoms with Crippen LogP contribution in [0.15, 0.2) is 72.2 Å². The van der Waals surface area contributed by atoms with Crippen molar-refractivity contribution in [3.63, 3.8) is 0 Å². The first-order chi connectivity index (χ1) is 14.0. The Hall–Kier alpha value is -2.88. The van der Waals surface area contributed by atoms with Gasteiger partial charge in [-0.3, -0.25) is 0 Å². The number of hydrogen-bond acceptors (Lipinski definition) is 3. The molecule has 148 valence electrons. The van der Waals surface area contributed by atoms with Crippen molar-refractivity contribution < 1.29 is 0 Å². The van der Waals surface area contributed by atoms with E-state index in [0.717, 1.165) is 12.4 Å². The molecule has 1 N–H and O–H groups in total. The van der Waals surface area contributed by atoms with Gasteiger partial charge in [0.2, 0.25) is 5.95 Å². The van der Waals surface area contributed by atoms with Crippen LogP contribution in [0, 0.1) is 11.3 Å². The molecular weight excluding hydrogens is 356 g/mol. The maximum absolute atomic E-state index is 4.58. The van der Waals surface area contributed by atoms with Crippen LogP contribution in [0.1, 0.15) is 51.6 Å². The van der Waals surface area contributed by atoms with E-state index >= 15 is 0 Å². The van der Waals surface area contributed by atoms with E-state index < -0.39 is 0 Å². The lowest BCUT2D eigenvalue weighted by Crippen LogP contribution is -2.35. The summed E-state index contributed by atoms with van der Waals surface area (Å²) in [6.45, 7) is 7.04. The van der Waals surface area contributed by atoms with E-state index in [1.54, 1.807) is 6.33 Å². The molecule has 29 heavy (non-hydrogen) atoms. The first kappa shape index (κ1) is 18.2. The molecule has 4 nitrogen and oxygen atoms in total. The molecule has 2 atom stereocenters. The summed E-state index contributed by atoms with van der Waals surface area (Å²) in [5, 5.41) is 8.22. The molecule has 2 heterocycles. The molecule has 3 aromatic rings. The molecule has 0 spiro atoms. The third-order valence-corrected chi connectivity index (χ3v) is 6.41. The lowest BCUT2D eigenvalue weighted by Gasteiger charge is -2.42. The van der Waals surface area contributed by atoms with Crippen LogP contribution in [0.4, 0.5) is 5.95 Å². The number of nitrogens with one attached hydrogen (secondary N) is 1. The summed E-state index contributed by atoms with van der Waals surface area (Å²) in [7, 11) is 0. The summed E-state index contributed by atoms with van der Waals surface area (Å²) in [5.41, 5.74) is 6.84. The van der Waals surface area contributed by atoms with Crippen LogP contribution >= 0.6 is 0 Å². The van der Waals surface area contributed by atoms with Gasteiger partial charge in [-0.25, -0.2) is 4.68 Å². The van der Waals surface area contributed by atoms with E-state index in [0.29, 0.717) is 5.92 Å². The summed E-state index contributed by atoms with van der Waals surface area (Å²) < 4.78 is 2.06. The highest BCUT2D eigenvalue weighted by molar-refractivity contribution is 5.64. The SMILES string of the molecule is CC(C)(C)[C@H]1CCCC2=C1Nc1ncnn1[C@@H]2c1ccc(-c2ccccc2)cc1. The van der Waals surface area contributed by atoms with E-state index in [4.69, 9.17) is 0 Å². The average Bonchev–Trinajstić information content (AvgIpc) is 3.20. The zero-order valence-electron chi connectivity index (χ0n) is 17.4. The van der Waals surface area contributed by atoms with Crippen LogP contribution in [0.25, 0.3) is 11.1 Å². The number of fused-ring (bicyclic) bond motifs is 1. The largest absolute Gasteiger partial charge is 0.328 e. The molecule has 0 fully saturated rings. The van der Waals surface area contributed by atoms with Crippen molar-refractivity contribution in [2.45, 2.75) is 46.1 Å². The molecule has 0 saturated carbocycles. The lowest BCUT2D eigenvalue weighted by atomic mass is 9.70. The fraction of sp³-hybridized carbons (Fsp3) is 0.360. The van der Waals surface area contributed by atoms with Gasteiger partial charge in [0.25, 0.3) is 0 Å². The molecule has 1 aliphatic heterocycles. The van der Waals surface area contributed by atoms with Crippen molar-refractivity contribution in [2.24, 2.45) is 11.3 Å². The Labute approximate surface area is 172 Å². The molecule has 2 aliphatic rings. The van der Waals surface area contributed by atoms with Crippen molar-refractivity contribution in [3.05, 3.63) is 77.8 Å². The van der Waals surface area contributed by atoms with Gasteiger partial charge in [0.15, 0.2) is 0 Å². The topological polar surface area (TPSA) is 42.7 Å². The monoisotopic (exact) mass is 384 g/mol. The molecule has 0 bridgehead atoms. The minimum atomic E-state index is 0.124. The van der Waals surface area contributed by atoms with Crippen LogP contribution in [0.3, 0.4) is 0 Å². The second-order valence-electron chi connectivity index (χ2n) is 9.29. The van der Waals surface area contributed by atoms with Crippen molar-refractivity contribution in [2.75, 3.05) is 5.32 Å². The fourth-order valence-electron chi connectivity index (χ4n) is 4.94. The first-order valence-corrected chi connectivity index (χ1v) is 10.6. The zero-order valence-corrected chi connectivity index (χ0v) is 17.4. The van der Waals surface area contributed by atoms with Gasteiger partial charge in [0, 0.05) is 11.6 Å². The minimum Gasteiger partial charge on any atom is -0.328 e. The standard InChI is InChI=1S/C25H28N4/c1-25(2,3)21-11-7-10-20-22(21)28-24-26-16-27-29(24)23(20)19-14-12-18(13-15-19)17-8-5-4-6-9-17/h4-6,8-9,12-16,21,23H,7,10-11H2,1-3H3,(H,26,27,28)/t21-,23+/m0/s1. The summed E-state index contributed by atoms with van der Waals surface area (Å²) in [5.74, 6) is 1.37. The summed E-state index contributed by atoms with van der Waals surface area (Å²) in [6, 6.07) is 19.6. The lowest BCUT2D eigenvalue weighted by molar-refractivity contribution is 0.244. The van der Waals surface area contributed by atoms with E-state index in [2.05, 4.69) is 95.4 Å². The number of nitrogens with zero attached hydrogens (tertiary/aromatic N) is 3. The van der Waals surface area contributed by atoms with E-state index in [1.165, 1.54) is 40.8 Å². The molecule has 0 unspecified atom stereocenters. The molecule has 5 rings (SSSR count). The quantitative estimate of drug-likeness (QED) is 0.584. The van der Waals surface area contributed by atoms with Crippen LogP contribution in [0.2, 0.25) is 0 Å². The number of allylic oxidation sites excluding steroid dienone is 2. The van der Waals surface area contributed by atoms with Crippen LogP contribution in [0.5, 0.6) is 0 Å². The Kier molecular flexibility index (Phi) is 4.30. The molecule has 2 aromatic carbocycles. The molecular formula is C25H28N4. The van der Waals surface area contributed by atoms with Gasteiger partial charge < -0.3 is 5.32 Å². The molecule has 0 radical (unpaired) electrons. The van der Waals surface area contributed by atoms with Gasteiger partial charge >= 0.3 is 0 Å². The Balaban J connectivity index is 1.59. The van der Waals surface area contributed by atoms with E-state index in [-0.39, 0.29) is 11.5 Å². The smallest absolute Gasteiger partial charge is 0.226 e. The number of aromatic nitrogens is 3. The number of benzene rings is 2. The number of rotatable bonds is 2. The van der Waals surface area contributed by atoms with Crippen molar-refractivity contribution in [1.29, 1.82) is 0 Å². The van der Waals surface area contributed by atoms with Gasteiger partial charge in [-0.2, -0.15) is 10.1 Å². The van der Waals surface area contributed by atoms with Gasteiger partial charge in [-0.05, 0) is 46.9 Å². The molecule has 1 aromatic heterocycles. The van der Waals surface area contributed by atoms with Crippen molar-refractivity contribution in [3.8, 4) is 11.1 Å². The highest BCUT2D eigenvalue weighted by atomic mass is 15.4. The zero-order chi connectivity index (χ0) is 20.0. The third kappa shape index (κ3) is 3.17. The molecule has 4 heteroatoms. The summed E-state index contributed by atoms with van der Waals surface area (Å²) in [4.78, 5) is 4.51. The normalized spacial score (nSPS) is 21.3. The molecule has 1 aliphatic carbocycles. The Morgan fingerprint density at radius 3 is 2.41 bits per heavy atom. The van der Waals surface area contributed by atoms with Gasteiger partial charge in [-0.15, -0.1) is 0 Å². The highest BCUT2D eigenvalue weighted by Crippen LogP contribution is 2.48. The van der Waals surface area contributed by atoms with Crippen LogP contribution < -0.4 is 5.32 Å². The van der Waals surface area contributed by atoms with Crippen LogP contribution in [-0.2, 0) is 0 Å². The number of anilines is 1. The van der Waals surface area contributed by atoms with Crippen molar-refractivity contribution in [1.82, 2.24) is 14.8 Å². The minimum absolute atomic E-state index is 0.124. The van der Waals surface area contributed by atoms with Crippen molar-refractivity contribution >= 4 is 5.95 Å². The Morgan fingerprint density at radius 1 is 0.966 bits per heavy atom. The number of hydrogen-bond donors (Lipinski definition) is 1. The third-order valence-electron chi connectivity index (χ3n) is 6.41. The summed E-state index contributed by atoms with van der Waals surface area (Å²) in [6.07, 6.45) is 5.23. The summed E-state index contributed by atoms with van der Waals surface area (Å²) >= 11 is 0. The second-order valence-corrected chi connectivity index (χ2v) is 9.29. The Bertz CT molecular complexity index is 1040. The highest BCUT2D eigenvalue weighted by Gasteiger charge is 2.39. The van der Waals surface area contributed by atoms with Gasteiger partial charge in [0.1, 0.15) is 12.4 Å². The van der Waals surface area contributed by atoms with E-state index in [9.17, 15) is 0 Å². The maximum atomic E-state index is 4.58. The van der Waals surface area contributed by atoms with E-state index in [1.807, 2.05) is 0 Å². The predicted molar refractivity (Wildman–Crippen MR) is 117 cm³/mol.